The molecule has 0 amide bonds. The molecule has 5 nitrogen and oxygen atoms in total. The summed E-state index contributed by atoms with van der Waals surface area (Å²) in [5.41, 5.74) is 6.84. The molecule has 0 fully saturated rings. The summed E-state index contributed by atoms with van der Waals surface area (Å²) in [6.07, 6.45) is 2.10. The minimum absolute atomic E-state index is 0.119. The second-order valence-electron chi connectivity index (χ2n) is 5.67. The highest BCUT2D eigenvalue weighted by Gasteiger charge is 2.22. The van der Waals surface area contributed by atoms with Crippen LogP contribution in [0.15, 0.2) is 42.1 Å². The van der Waals surface area contributed by atoms with Gasteiger partial charge in [-0.05, 0) is 18.9 Å². The maximum atomic E-state index is 12.2. The van der Waals surface area contributed by atoms with Crippen LogP contribution in [0.4, 0.5) is 0 Å². The Hall–Kier alpha value is -2.14. The van der Waals surface area contributed by atoms with Crippen molar-refractivity contribution in [1.29, 1.82) is 0 Å². The number of carbonyl (C=O) groups is 2. The van der Waals surface area contributed by atoms with E-state index in [1.165, 1.54) is 0 Å². The van der Waals surface area contributed by atoms with Crippen molar-refractivity contribution in [2.45, 2.75) is 52.3 Å². The fourth-order valence-corrected chi connectivity index (χ4v) is 2.11. The number of nitrogens with two attached hydrogens (primary N) is 1. The van der Waals surface area contributed by atoms with Crippen LogP contribution in [0.1, 0.15) is 39.2 Å². The van der Waals surface area contributed by atoms with Gasteiger partial charge in [0.1, 0.15) is 6.61 Å². The fraction of sp³-hybridized carbons (Fsp3) is 0.444. The summed E-state index contributed by atoms with van der Waals surface area (Å²) in [6.45, 7) is 5.85. The second kappa shape index (κ2) is 9.79. The Bertz CT molecular complexity index is 538. The molecule has 3 N–H and O–H groups in total. The van der Waals surface area contributed by atoms with Gasteiger partial charge in [-0.15, -0.1) is 0 Å². The Morgan fingerprint density at radius 3 is 2.48 bits per heavy atom. The summed E-state index contributed by atoms with van der Waals surface area (Å²) < 4.78 is 5.23. The third kappa shape index (κ3) is 7.10. The van der Waals surface area contributed by atoms with Gasteiger partial charge in [0, 0.05) is 12.5 Å². The van der Waals surface area contributed by atoms with Crippen LogP contribution in [0.2, 0.25) is 0 Å². The van der Waals surface area contributed by atoms with Gasteiger partial charge in [0.2, 0.25) is 0 Å². The Kier molecular flexibility index (Phi) is 8.05. The normalized spacial score (nSPS) is 13.0. The highest BCUT2D eigenvalue weighted by molar-refractivity contribution is 5.98. The molecule has 1 rings (SSSR count). The largest absolute Gasteiger partial charge is 0.461 e. The SMILES string of the molecule is C/C=C(\N)C(=O)C(CCC(=O)OCc1ccccc1)NC(C)C. The summed E-state index contributed by atoms with van der Waals surface area (Å²) in [6, 6.07) is 9.13. The maximum Gasteiger partial charge on any atom is 0.306 e. The molecule has 5 heteroatoms. The van der Waals surface area contributed by atoms with Crippen LogP contribution in [0.25, 0.3) is 0 Å². The van der Waals surface area contributed by atoms with Crippen molar-refractivity contribution in [3.05, 3.63) is 47.7 Å². The predicted octanol–water partition coefficient (Wildman–Crippen LogP) is 2.31. The average Bonchev–Trinajstić information content (AvgIpc) is 2.55. The molecular formula is C18H26N2O3. The van der Waals surface area contributed by atoms with E-state index in [1.54, 1.807) is 13.0 Å². The summed E-state index contributed by atoms with van der Waals surface area (Å²) in [4.78, 5) is 24.1. The standard InChI is InChI=1S/C18H26N2O3/c1-4-15(19)18(22)16(20-13(2)3)10-11-17(21)23-12-14-8-6-5-7-9-14/h4-9,13,16,20H,10-12,19H2,1-3H3/b15-4-. The Morgan fingerprint density at radius 2 is 1.91 bits per heavy atom. The van der Waals surface area contributed by atoms with E-state index < -0.39 is 6.04 Å². The highest BCUT2D eigenvalue weighted by atomic mass is 16.5. The molecule has 0 aliphatic carbocycles. The van der Waals surface area contributed by atoms with Gasteiger partial charge in [-0.1, -0.05) is 50.3 Å². The number of Topliss-reactive ketones (excluding diaryl/α,β-unsaturated/α-hetero) is 1. The molecule has 1 aromatic carbocycles. The number of rotatable bonds is 9. The first-order valence-electron chi connectivity index (χ1n) is 7.85. The minimum atomic E-state index is -0.476. The molecule has 0 radical (unpaired) electrons. The number of ketones is 1. The zero-order valence-corrected chi connectivity index (χ0v) is 14.0. The molecule has 0 spiro atoms. The van der Waals surface area contributed by atoms with Crippen molar-refractivity contribution < 1.29 is 14.3 Å². The van der Waals surface area contributed by atoms with Crippen LogP contribution >= 0.6 is 0 Å². The number of ether oxygens (including phenoxy) is 1. The van der Waals surface area contributed by atoms with Gasteiger partial charge in [-0.2, -0.15) is 0 Å². The van der Waals surface area contributed by atoms with Gasteiger partial charge in [0.05, 0.1) is 11.7 Å². The molecule has 126 valence electrons. The van der Waals surface area contributed by atoms with Crippen LogP contribution in [0.3, 0.4) is 0 Å². The summed E-state index contributed by atoms with van der Waals surface area (Å²) in [5.74, 6) is -0.506. The van der Waals surface area contributed by atoms with E-state index >= 15 is 0 Å². The average molecular weight is 318 g/mol. The monoisotopic (exact) mass is 318 g/mol. The van der Waals surface area contributed by atoms with Crippen molar-refractivity contribution in [3.63, 3.8) is 0 Å². The first-order chi connectivity index (χ1) is 10.9. The Morgan fingerprint density at radius 1 is 1.26 bits per heavy atom. The van der Waals surface area contributed by atoms with E-state index in [2.05, 4.69) is 5.32 Å². The van der Waals surface area contributed by atoms with E-state index in [-0.39, 0.29) is 36.5 Å². The van der Waals surface area contributed by atoms with E-state index in [0.29, 0.717) is 6.42 Å². The molecule has 0 aliphatic heterocycles. The third-order valence-electron chi connectivity index (χ3n) is 3.33. The van der Waals surface area contributed by atoms with Crippen molar-refractivity contribution in [2.24, 2.45) is 5.73 Å². The predicted molar refractivity (Wildman–Crippen MR) is 90.5 cm³/mol. The number of esters is 1. The van der Waals surface area contributed by atoms with Gasteiger partial charge in [-0.3, -0.25) is 9.59 Å². The van der Waals surface area contributed by atoms with Crippen molar-refractivity contribution >= 4 is 11.8 Å². The van der Waals surface area contributed by atoms with Crippen molar-refractivity contribution in [1.82, 2.24) is 5.32 Å². The zero-order valence-electron chi connectivity index (χ0n) is 14.0. The number of hydrogen-bond acceptors (Lipinski definition) is 5. The van der Waals surface area contributed by atoms with Gasteiger partial charge in [0.25, 0.3) is 0 Å². The topological polar surface area (TPSA) is 81.4 Å². The smallest absolute Gasteiger partial charge is 0.306 e. The Balaban J connectivity index is 2.50. The lowest BCUT2D eigenvalue weighted by atomic mass is 10.0. The molecule has 0 saturated heterocycles. The quantitative estimate of drug-likeness (QED) is 0.539. The lowest BCUT2D eigenvalue weighted by Crippen LogP contribution is -2.43. The van der Waals surface area contributed by atoms with E-state index in [4.69, 9.17) is 10.5 Å². The molecule has 0 aliphatic rings. The molecule has 0 heterocycles. The summed E-state index contributed by atoms with van der Waals surface area (Å²) in [7, 11) is 0. The minimum Gasteiger partial charge on any atom is -0.461 e. The summed E-state index contributed by atoms with van der Waals surface area (Å²) in [5, 5.41) is 3.15. The molecule has 23 heavy (non-hydrogen) atoms. The molecule has 0 saturated carbocycles. The molecule has 1 unspecified atom stereocenters. The maximum absolute atomic E-state index is 12.2. The second-order valence-corrected chi connectivity index (χ2v) is 5.67. The van der Waals surface area contributed by atoms with Crippen LogP contribution in [-0.2, 0) is 20.9 Å². The van der Waals surface area contributed by atoms with Gasteiger partial charge in [0.15, 0.2) is 5.78 Å². The molecule has 1 atom stereocenters. The van der Waals surface area contributed by atoms with Gasteiger partial charge >= 0.3 is 5.97 Å². The number of carbonyl (C=O) groups excluding carboxylic acids is 2. The van der Waals surface area contributed by atoms with E-state index in [9.17, 15) is 9.59 Å². The molecule has 0 aromatic heterocycles. The van der Waals surface area contributed by atoms with E-state index in [1.807, 2.05) is 44.2 Å². The van der Waals surface area contributed by atoms with Crippen LogP contribution < -0.4 is 11.1 Å². The number of nitrogens with one attached hydrogen (secondary N) is 1. The van der Waals surface area contributed by atoms with E-state index in [0.717, 1.165) is 5.56 Å². The summed E-state index contributed by atoms with van der Waals surface area (Å²) >= 11 is 0. The molecular weight excluding hydrogens is 292 g/mol. The highest BCUT2D eigenvalue weighted by Crippen LogP contribution is 2.07. The van der Waals surface area contributed by atoms with Crippen molar-refractivity contribution in [2.75, 3.05) is 0 Å². The first-order valence-corrected chi connectivity index (χ1v) is 7.85. The molecule has 0 bridgehead atoms. The van der Waals surface area contributed by atoms with Gasteiger partial charge in [-0.25, -0.2) is 0 Å². The first kappa shape index (κ1) is 18.9. The Labute approximate surface area is 137 Å². The lowest BCUT2D eigenvalue weighted by molar-refractivity contribution is -0.145. The number of allylic oxidation sites excluding steroid dienone is 1. The van der Waals surface area contributed by atoms with Gasteiger partial charge < -0.3 is 15.8 Å². The number of benzene rings is 1. The van der Waals surface area contributed by atoms with Crippen LogP contribution in [0.5, 0.6) is 0 Å². The number of hydrogen-bond donors (Lipinski definition) is 2. The third-order valence-corrected chi connectivity index (χ3v) is 3.33. The van der Waals surface area contributed by atoms with Crippen molar-refractivity contribution in [3.8, 4) is 0 Å². The molecule has 1 aromatic rings. The lowest BCUT2D eigenvalue weighted by Gasteiger charge is -2.20. The zero-order chi connectivity index (χ0) is 17.2. The van der Waals surface area contributed by atoms with Crippen LogP contribution in [0, 0.1) is 0 Å². The fourth-order valence-electron chi connectivity index (χ4n) is 2.11. The van der Waals surface area contributed by atoms with Crippen LogP contribution in [-0.4, -0.2) is 23.8 Å².